The molecule has 0 radical (unpaired) electrons. The first-order valence-corrected chi connectivity index (χ1v) is 11.0. The second-order valence-electron chi connectivity index (χ2n) is 8.87. The zero-order chi connectivity index (χ0) is 21.9. The van der Waals surface area contributed by atoms with E-state index >= 15 is 0 Å². The van der Waals surface area contributed by atoms with Crippen LogP contribution in [0.3, 0.4) is 0 Å². The van der Waals surface area contributed by atoms with E-state index in [0.29, 0.717) is 18.5 Å². The van der Waals surface area contributed by atoms with Gasteiger partial charge in [0.25, 0.3) is 0 Å². The number of allylic oxidation sites excluding steroid dienone is 4. The van der Waals surface area contributed by atoms with Crippen molar-refractivity contribution in [1.82, 2.24) is 15.6 Å². The van der Waals surface area contributed by atoms with Gasteiger partial charge >= 0.3 is 0 Å². The summed E-state index contributed by atoms with van der Waals surface area (Å²) in [4.78, 5) is 17.9. The van der Waals surface area contributed by atoms with E-state index in [4.69, 9.17) is 0 Å². The Morgan fingerprint density at radius 2 is 2.03 bits per heavy atom. The van der Waals surface area contributed by atoms with Crippen LogP contribution in [0.2, 0.25) is 0 Å². The van der Waals surface area contributed by atoms with E-state index in [-0.39, 0.29) is 5.91 Å². The number of amides is 1. The van der Waals surface area contributed by atoms with Gasteiger partial charge in [-0.1, -0.05) is 26.0 Å². The number of anilines is 1. The summed E-state index contributed by atoms with van der Waals surface area (Å²) in [5.41, 5.74) is 7.47. The van der Waals surface area contributed by atoms with Crippen molar-refractivity contribution in [3.05, 3.63) is 47.3 Å². The molecule has 1 heterocycles. The summed E-state index contributed by atoms with van der Waals surface area (Å²) in [6.45, 7) is 9.79. The number of H-pyrrole nitrogens is 1. The van der Waals surface area contributed by atoms with Crippen LogP contribution >= 0.6 is 0 Å². The Hall–Kier alpha value is -2.53. The number of fused-ring (bicyclic) bond motifs is 1. The minimum Gasteiger partial charge on any atom is -0.391 e. The predicted octanol–water partition coefficient (Wildman–Crippen LogP) is 4.83. The fourth-order valence-corrected chi connectivity index (χ4v) is 4.49. The Kier molecular flexibility index (Phi) is 6.71. The van der Waals surface area contributed by atoms with Gasteiger partial charge in [0.05, 0.1) is 6.54 Å². The molecule has 0 saturated carbocycles. The van der Waals surface area contributed by atoms with Gasteiger partial charge in [-0.15, -0.1) is 0 Å². The maximum atomic E-state index is 12.4. The van der Waals surface area contributed by atoms with Gasteiger partial charge in [0.1, 0.15) is 0 Å². The predicted molar refractivity (Wildman–Crippen MR) is 128 cm³/mol. The summed E-state index contributed by atoms with van der Waals surface area (Å²) in [5.74, 6) is 0.0777. The molecule has 1 amide bonds. The summed E-state index contributed by atoms with van der Waals surface area (Å²) in [7, 11) is 3.83. The highest BCUT2D eigenvalue weighted by molar-refractivity contribution is 5.97. The SMILES string of the molecule is C/C=C(/C1=C(NC)CC(C)(C)CC1)c1cc2ccc(N(CC)C(=O)CNC)cc2[nH]1. The van der Waals surface area contributed by atoms with Crippen molar-refractivity contribution in [2.75, 3.05) is 32.1 Å². The maximum Gasteiger partial charge on any atom is 0.240 e. The summed E-state index contributed by atoms with van der Waals surface area (Å²) in [5, 5.41) is 7.57. The van der Waals surface area contributed by atoms with E-state index < -0.39 is 0 Å². The van der Waals surface area contributed by atoms with E-state index in [1.54, 1.807) is 7.05 Å². The molecule has 0 fully saturated rings. The number of nitrogens with zero attached hydrogens (tertiary/aromatic N) is 1. The summed E-state index contributed by atoms with van der Waals surface area (Å²) >= 11 is 0. The van der Waals surface area contributed by atoms with Crippen molar-refractivity contribution in [2.24, 2.45) is 5.41 Å². The maximum absolute atomic E-state index is 12.4. The van der Waals surface area contributed by atoms with E-state index in [9.17, 15) is 4.79 Å². The third-order valence-electron chi connectivity index (χ3n) is 6.14. The van der Waals surface area contributed by atoms with Gasteiger partial charge in [0.2, 0.25) is 5.91 Å². The first-order chi connectivity index (χ1) is 14.3. The van der Waals surface area contributed by atoms with Crippen LogP contribution in [0.15, 0.2) is 41.6 Å². The molecule has 2 aromatic rings. The van der Waals surface area contributed by atoms with E-state index in [0.717, 1.165) is 35.1 Å². The molecule has 0 bridgehead atoms. The topological polar surface area (TPSA) is 60.2 Å². The van der Waals surface area contributed by atoms with Crippen LogP contribution in [0.5, 0.6) is 0 Å². The summed E-state index contributed by atoms with van der Waals surface area (Å²) in [6.07, 6.45) is 5.55. The normalized spacial score (nSPS) is 16.8. The molecule has 0 aliphatic heterocycles. The number of likely N-dealkylation sites (N-methyl/N-ethyl adjacent to an activating group) is 2. The van der Waals surface area contributed by atoms with E-state index in [1.807, 2.05) is 24.9 Å². The second kappa shape index (κ2) is 9.09. The molecule has 0 atom stereocenters. The lowest BCUT2D eigenvalue weighted by Gasteiger charge is -2.34. The van der Waals surface area contributed by atoms with Gasteiger partial charge in [0.15, 0.2) is 0 Å². The Labute approximate surface area is 180 Å². The van der Waals surface area contributed by atoms with Gasteiger partial charge in [-0.2, -0.15) is 0 Å². The van der Waals surface area contributed by atoms with Crippen molar-refractivity contribution in [1.29, 1.82) is 0 Å². The number of aromatic nitrogens is 1. The lowest BCUT2D eigenvalue weighted by Crippen LogP contribution is -2.37. The first kappa shape index (κ1) is 22.2. The average molecular weight is 409 g/mol. The van der Waals surface area contributed by atoms with Gasteiger partial charge in [-0.3, -0.25) is 4.79 Å². The lowest BCUT2D eigenvalue weighted by atomic mass is 9.74. The lowest BCUT2D eigenvalue weighted by molar-refractivity contribution is -0.117. The van der Waals surface area contributed by atoms with E-state index in [2.05, 4.69) is 60.7 Å². The Balaban J connectivity index is 1.98. The monoisotopic (exact) mass is 408 g/mol. The summed E-state index contributed by atoms with van der Waals surface area (Å²) < 4.78 is 0. The molecule has 1 aliphatic carbocycles. The molecule has 1 aliphatic rings. The molecule has 1 aromatic carbocycles. The minimum atomic E-state index is 0.0777. The van der Waals surface area contributed by atoms with Crippen LogP contribution in [-0.2, 0) is 4.79 Å². The third-order valence-corrected chi connectivity index (χ3v) is 6.14. The highest BCUT2D eigenvalue weighted by Gasteiger charge is 2.28. The zero-order valence-electron chi connectivity index (χ0n) is 19.3. The first-order valence-electron chi connectivity index (χ1n) is 11.0. The van der Waals surface area contributed by atoms with Crippen LogP contribution in [0.1, 0.15) is 52.7 Å². The molecule has 0 saturated heterocycles. The second-order valence-corrected chi connectivity index (χ2v) is 8.87. The number of aromatic amines is 1. The van der Waals surface area contributed by atoms with Crippen LogP contribution in [0, 0.1) is 5.41 Å². The largest absolute Gasteiger partial charge is 0.391 e. The molecule has 0 unspecified atom stereocenters. The molecule has 3 N–H and O–H groups in total. The fraction of sp³-hybridized carbons (Fsp3) is 0.480. The third kappa shape index (κ3) is 4.46. The van der Waals surface area contributed by atoms with Crippen molar-refractivity contribution < 1.29 is 4.79 Å². The number of rotatable bonds is 7. The van der Waals surface area contributed by atoms with E-state index in [1.165, 1.54) is 23.3 Å². The van der Waals surface area contributed by atoms with Crippen molar-refractivity contribution in [3.63, 3.8) is 0 Å². The highest BCUT2D eigenvalue weighted by atomic mass is 16.2. The Bertz CT molecular complexity index is 980. The number of hydrogen-bond acceptors (Lipinski definition) is 3. The van der Waals surface area contributed by atoms with Gasteiger partial charge in [-0.05, 0) is 74.9 Å². The molecule has 1 aromatic heterocycles. The van der Waals surface area contributed by atoms with Crippen molar-refractivity contribution >= 4 is 28.1 Å². The smallest absolute Gasteiger partial charge is 0.240 e. The molecule has 5 nitrogen and oxygen atoms in total. The molecule has 30 heavy (non-hydrogen) atoms. The molecule has 162 valence electrons. The Morgan fingerprint density at radius 1 is 1.27 bits per heavy atom. The average Bonchev–Trinajstić information content (AvgIpc) is 3.13. The fourth-order valence-electron chi connectivity index (χ4n) is 4.49. The summed E-state index contributed by atoms with van der Waals surface area (Å²) in [6, 6.07) is 8.44. The van der Waals surface area contributed by atoms with Crippen LogP contribution in [0.4, 0.5) is 5.69 Å². The quantitative estimate of drug-likeness (QED) is 0.615. The molecule has 5 heteroatoms. The van der Waals surface area contributed by atoms with Crippen LogP contribution in [-0.4, -0.2) is 38.1 Å². The molecule has 3 rings (SSSR count). The number of nitrogens with one attached hydrogen (secondary N) is 3. The van der Waals surface area contributed by atoms with Crippen molar-refractivity contribution in [2.45, 2.75) is 47.0 Å². The zero-order valence-corrected chi connectivity index (χ0v) is 19.3. The molecular formula is C25H36N4O. The number of hydrogen-bond donors (Lipinski definition) is 3. The van der Waals surface area contributed by atoms with Crippen molar-refractivity contribution in [3.8, 4) is 0 Å². The molecule has 0 spiro atoms. The van der Waals surface area contributed by atoms with Gasteiger partial charge in [-0.25, -0.2) is 0 Å². The standard InChI is InChI=1S/C25H36N4O/c1-7-19(20-11-12-25(3,4)15-23(20)27-6)22-13-17-9-10-18(14-21(17)28-22)29(8-2)24(30)16-26-5/h7,9-10,13-14,26-28H,8,11-12,15-16H2,1-6H3/b19-7-. The highest BCUT2D eigenvalue weighted by Crippen LogP contribution is 2.42. The minimum absolute atomic E-state index is 0.0777. The number of benzene rings is 1. The van der Waals surface area contributed by atoms with Gasteiger partial charge in [0, 0.05) is 41.6 Å². The molecular weight excluding hydrogens is 372 g/mol. The number of carbonyl (C=O) groups excluding carboxylic acids is 1. The number of carbonyl (C=O) groups is 1. The van der Waals surface area contributed by atoms with Gasteiger partial charge < -0.3 is 20.5 Å². The van der Waals surface area contributed by atoms with Crippen LogP contribution < -0.4 is 15.5 Å². The Morgan fingerprint density at radius 3 is 2.67 bits per heavy atom. The van der Waals surface area contributed by atoms with Crippen LogP contribution in [0.25, 0.3) is 16.5 Å².